The van der Waals surface area contributed by atoms with Crippen LogP contribution >= 0.6 is 0 Å². The third kappa shape index (κ3) is 5460. The fourth-order valence-electron chi connectivity index (χ4n) is 0. The molecule has 0 aliphatic carbocycles. The summed E-state index contributed by atoms with van der Waals surface area (Å²) >= 11 is 0. The van der Waals surface area contributed by atoms with Crippen LogP contribution in [-0.2, 0) is 0 Å². The van der Waals surface area contributed by atoms with Gasteiger partial charge in [0.25, 0.3) is 0 Å². The molecule has 0 nitrogen and oxygen atoms in total. The molecule has 0 aliphatic rings. The summed E-state index contributed by atoms with van der Waals surface area (Å²) in [4.78, 5) is 0. The van der Waals surface area contributed by atoms with Crippen molar-refractivity contribution < 1.29 is 0 Å². The highest BCUT2D eigenvalue weighted by Gasteiger charge is 1.35. The van der Waals surface area contributed by atoms with Gasteiger partial charge in [0.05, 0.1) is 0 Å². The average molecular weight is 190 g/mol. The average Bonchev–Trinajstić information content (AvgIpc) is 2.32. The van der Waals surface area contributed by atoms with Gasteiger partial charge in [-0.2, -0.15) is 0 Å². The fourth-order valence-corrected chi connectivity index (χ4v) is 0. The predicted molar refractivity (Wildman–Crippen MR) is 71.2 cm³/mol. The SMILES string of the molecule is C#C.CC.CC.CC.CC.CCC. The van der Waals surface area contributed by atoms with Crippen LogP contribution in [0.15, 0.2) is 0 Å². The lowest BCUT2D eigenvalue weighted by atomic mass is 10.6. The van der Waals surface area contributed by atoms with Crippen LogP contribution in [0.4, 0.5) is 0 Å². The molecular weight excluding hydrogens is 156 g/mol. The van der Waals surface area contributed by atoms with Crippen LogP contribution in [0.5, 0.6) is 0 Å². The van der Waals surface area contributed by atoms with Crippen molar-refractivity contribution >= 4 is 0 Å². The third-order valence-electron chi connectivity index (χ3n) is 0. The maximum absolute atomic E-state index is 4.00. The zero-order chi connectivity index (χ0) is 12.7. The Bertz CT molecular complexity index is 11.2. The second kappa shape index (κ2) is 4110. The third-order valence-corrected chi connectivity index (χ3v) is 0. The molecule has 0 N–H and O–H groups in total. The lowest BCUT2D eigenvalue weighted by Crippen LogP contribution is -1.27. The van der Waals surface area contributed by atoms with Crippen molar-refractivity contribution in [1.29, 1.82) is 0 Å². The van der Waals surface area contributed by atoms with Crippen LogP contribution in [0.2, 0.25) is 0 Å². The minimum Gasteiger partial charge on any atom is -0.124 e. The molecule has 0 saturated heterocycles. The Morgan fingerprint density at radius 1 is 0.538 bits per heavy atom. The number of hydrogen-bond acceptors (Lipinski definition) is 0. The van der Waals surface area contributed by atoms with Crippen molar-refractivity contribution in [2.24, 2.45) is 0 Å². The highest BCUT2D eigenvalue weighted by Crippen LogP contribution is 1.56. The van der Waals surface area contributed by atoms with E-state index in [4.69, 9.17) is 0 Å². The molecule has 0 amide bonds. The summed E-state index contributed by atoms with van der Waals surface area (Å²) in [6, 6.07) is 0. The van der Waals surface area contributed by atoms with Crippen molar-refractivity contribution in [1.82, 2.24) is 0 Å². The van der Waals surface area contributed by atoms with Gasteiger partial charge in [0.2, 0.25) is 0 Å². The Kier molecular flexibility index (Phi) is 12300. The molecule has 0 aromatic carbocycles. The van der Waals surface area contributed by atoms with Gasteiger partial charge in [-0.05, 0) is 0 Å². The standard InChI is InChI=1S/C3H8.4C2H6.C2H2/c1-3-2;5*1-2/h3H2,1-2H3;4*1-2H3;1-2H. The second-order valence-electron chi connectivity index (χ2n) is 0.707. The summed E-state index contributed by atoms with van der Waals surface area (Å²) in [5.41, 5.74) is 0. The van der Waals surface area contributed by atoms with E-state index in [0.29, 0.717) is 0 Å². The van der Waals surface area contributed by atoms with E-state index in [1.807, 2.05) is 55.4 Å². The van der Waals surface area contributed by atoms with Crippen LogP contribution in [0, 0.1) is 12.8 Å². The fraction of sp³-hybridized carbons (Fsp3) is 0.846. The lowest BCUT2D eigenvalue weighted by Gasteiger charge is -1.48. The molecule has 0 aromatic heterocycles. The van der Waals surface area contributed by atoms with E-state index in [9.17, 15) is 0 Å². The molecule has 0 radical (unpaired) electrons. The van der Waals surface area contributed by atoms with Crippen LogP contribution in [-0.4, -0.2) is 0 Å². The molecule has 0 bridgehead atoms. The largest absolute Gasteiger partial charge is 0.124 e. The number of rotatable bonds is 0. The van der Waals surface area contributed by atoms with Gasteiger partial charge in [-0.3, -0.25) is 0 Å². The molecule has 0 aliphatic heterocycles. The summed E-state index contributed by atoms with van der Waals surface area (Å²) in [6.07, 6.45) is 9.25. The molecule has 0 heterocycles. The van der Waals surface area contributed by atoms with Crippen LogP contribution in [0.25, 0.3) is 0 Å². The molecule has 0 atom stereocenters. The van der Waals surface area contributed by atoms with Gasteiger partial charge in [0, 0.05) is 0 Å². The predicted octanol–water partition coefficient (Wildman–Crippen LogP) is 5.77. The first kappa shape index (κ1) is 39.0. The van der Waals surface area contributed by atoms with Crippen molar-refractivity contribution in [3.8, 4) is 12.8 Å². The monoisotopic (exact) mass is 190 g/mol. The van der Waals surface area contributed by atoms with Crippen LogP contribution in [0.3, 0.4) is 0 Å². The van der Waals surface area contributed by atoms with Gasteiger partial charge < -0.3 is 0 Å². The Labute approximate surface area is 89.1 Å². The molecule has 0 saturated carbocycles. The Morgan fingerprint density at radius 2 is 0.538 bits per heavy atom. The molecule has 0 heteroatoms. The van der Waals surface area contributed by atoms with Gasteiger partial charge in [-0.15, -0.1) is 12.8 Å². The highest BCUT2D eigenvalue weighted by molar-refractivity contribution is 4.47. The molecule has 0 fully saturated rings. The first-order valence-corrected chi connectivity index (χ1v) is 5.75. The van der Waals surface area contributed by atoms with Crippen LogP contribution < -0.4 is 0 Å². The second-order valence-corrected chi connectivity index (χ2v) is 0.707. The quantitative estimate of drug-likeness (QED) is 0.425. The van der Waals surface area contributed by atoms with Gasteiger partial charge >= 0.3 is 0 Å². The summed E-state index contributed by atoms with van der Waals surface area (Å²) in [5, 5.41) is 0. The summed E-state index contributed by atoms with van der Waals surface area (Å²) in [7, 11) is 0. The highest BCUT2D eigenvalue weighted by atomic mass is 13.4. The lowest BCUT2D eigenvalue weighted by molar-refractivity contribution is 1.09. The minimum atomic E-state index is 1.25. The van der Waals surface area contributed by atoms with Gasteiger partial charge in [-0.1, -0.05) is 75.7 Å². The summed E-state index contributed by atoms with van der Waals surface area (Å²) < 4.78 is 0. The van der Waals surface area contributed by atoms with Gasteiger partial charge in [-0.25, -0.2) is 0 Å². The smallest absolute Gasteiger partial charge is 0.0590 e. The molecule has 13 heavy (non-hydrogen) atoms. The molecule has 0 aromatic rings. The zero-order valence-electron chi connectivity index (χ0n) is 11.9. The number of hydrogen-bond donors (Lipinski definition) is 0. The van der Waals surface area contributed by atoms with E-state index >= 15 is 0 Å². The molecule has 0 spiro atoms. The van der Waals surface area contributed by atoms with Crippen LogP contribution in [0.1, 0.15) is 75.7 Å². The van der Waals surface area contributed by atoms with Crippen molar-refractivity contribution in [2.75, 3.05) is 0 Å². The zero-order valence-corrected chi connectivity index (χ0v) is 11.9. The van der Waals surface area contributed by atoms with E-state index in [1.165, 1.54) is 6.42 Å². The Hall–Kier alpha value is -0.440. The molecule has 0 unspecified atom stereocenters. The van der Waals surface area contributed by atoms with Crippen molar-refractivity contribution in [3.63, 3.8) is 0 Å². The number of terminal acetylenes is 1. The maximum Gasteiger partial charge on any atom is -0.0590 e. The van der Waals surface area contributed by atoms with E-state index in [-0.39, 0.29) is 0 Å². The van der Waals surface area contributed by atoms with Gasteiger partial charge in [0.15, 0.2) is 0 Å². The van der Waals surface area contributed by atoms with Gasteiger partial charge in [0.1, 0.15) is 0 Å². The van der Waals surface area contributed by atoms with Crippen molar-refractivity contribution in [2.45, 2.75) is 75.7 Å². The topological polar surface area (TPSA) is 0 Å². The molecule has 86 valence electrons. The Balaban J connectivity index is -0.0000000115. The first-order valence-electron chi connectivity index (χ1n) is 5.75. The summed E-state index contributed by atoms with van der Waals surface area (Å²) in [5.74, 6) is 0. The van der Waals surface area contributed by atoms with E-state index in [1.54, 1.807) is 0 Å². The van der Waals surface area contributed by atoms with E-state index in [0.717, 1.165) is 0 Å². The maximum atomic E-state index is 4.00. The molecule has 0 rings (SSSR count). The normalized spacial score (nSPS) is 3.38. The first-order chi connectivity index (χ1) is 6.41. The minimum absolute atomic E-state index is 1.25. The Morgan fingerprint density at radius 3 is 0.538 bits per heavy atom. The van der Waals surface area contributed by atoms with E-state index < -0.39 is 0 Å². The molecular formula is C13H34. The van der Waals surface area contributed by atoms with Crippen molar-refractivity contribution in [3.05, 3.63) is 0 Å². The van der Waals surface area contributed by atoms with E-state index in [2.05, 4.69) is 26.7 Å². The summed E-state index contributed by atoms with van der Waals surface area (Å²) in [6.45, 7) is 20.2.